The van der Waals surface area contributed by atoms with E-state index < -0.39 is 5.91 Å². The molecule has 37 heavy (non-hydrogen) atoms. The van der Waals surface area contributed by atoms with Gasteiger partial charge in [0.2, 0.25) is 5.91 Å². The summed E-state index contributed by atoms with van der Waals surface area (Å²) in [5, 5.41) is 3.87. The van der Waals surface area contributed by atoms with Crippen LogP contribution in [0.25, 0.3) is 21.0 Å². The summed E-state index contributed by atoms with van der Waals surface area (Å²) in [7, 11) is 1.50. The van der Waals surface area contributed by atoms with E-state index in [1.54, 1.807) is 35.2 Å². The lowest BCUT2D eigenvalue weighted by molar-refractivity contribution is -0.129. The van der Waals surface area contributed by atoms with Gasteiger partial charge in [0.15, 0.2) is 5.78 Å². The highest BCUT2D eigenvalue weighted by Crippen LogP contribution is 2.35. The molecular formula is C28H27N3O5S. The van der Waals surface area contributed by atoms with Gasteiger partial charge in [0.25, 0.3) is 11.5 Å². The number of likely N-dealkylation sites (tertiary alicyclic amines) is 1. The molecule has 0 aliphatic carbocycles. The van der Waals surface area contributed by atoms with Crippen molar-refractivity contribution < 1.29 is 19.1 Å². The first-order valence-corrected chi connectivity index (χ1v) is 13.0. The van der Waals surface area contributed by atoms with E-state index in [0.29, 0.717) is 44.7 Å². The predicted molar refractivity (Wildman–Crippen MR) is 143 cm³/mol. The number of amides is 2. The molecule has 1 aliphatic rings. The summed E-state index contributed by atoms with van der Waals surface area (Å²) in [6, 6.07) is 16.2. The molecule has 0 saturated carbocycles. The number of nitrogens with one attached hydrogen (secondary N) is 1. The lowest BCUT2D eigenvalue weighted by Gasteiger charge is -2.15. The highest BCUT2D eigenvalue weighted by atomic mass is 32.1. The van der Waals surface area contributed by atoms with Crippen LogP contribution in [-0.2, 0) is 22.7 Å². The summed E-state index contributed by atoms with van der Waals surface area (Å²) in [4.78, 5) is 54.7. The van der Waals surface area contributed by atoms with E-state index >= 15 is 0 Å². The minimum absolute atomic E-state index is 0.0447. The first-order chi connectivity index (χ1) is 18.0. The number of para-hydroxylation sites is 1. The fraction of sp³-hybridized carbons (Fsp3) is 0.286. The summed E-state index contributed by atoms with van der Waals surface area (Å²) in [5.74, 6) is -0.724. The topological polar surface area (TPSA) is 97.7 Å². The van der Waals surface area contributed by atoms with Crippen LogP contribution in [0.15, 0.2) is 59.4 Å². The molecule has 0 unspecified atom stereocenters. The van der Waals surface area contributed by atoms with Crippen LogP contribution >= 0.6 is 11.3 Å². The van der Waals surface area contributed by atoms with Crippen molar-refractivity contribution >= 4 is 49.9 Å². The molecule has 0 atom stereocenters. The molecule has 0 spiro atoms. The number of nitrogens with zero attached hydrogens (tertiary/aromatic N) is 2. The molecule has 1 fully saturated rings. The van der Waals surface area contributed by atoms with Gasteiger partial charge >= 0.3 is 0 Å². The number of ether oxygens (including phenoxy) is 1. The number of Topliss-reactive ketones (excluding diaryl/α,β-unsaturated/α-hetero) is 1. The number of benzene rings is 2. The Morgan fingerprint density at radius 3 is 2.43 bits per heavy atom. The second-order valence-electron chi connectivity index (χ2n) is 9.02. The third kappa shape index (κ3) is 4.80. The van der Waals surface area contributed by atoms with Gasteiger partial charge in [-0.25, -0.2) is 0 Å². The smallest absolute Gasteiger partial charge is 0.262 e. The van der Waals surface area contributed by atoms with Crippen LogP contribution in [0.3, 0.4) is 0 Å². The highest BCUT2D eigenvalue weighted by molar-refractivity contribution is 7.22. The van der Waals surface area contributed by atoms with Gasteiger partial charge in [0, 0.05) is 36.7 Å². The Kier molecular flexibility index (Phi) is 7.16. The van der Waals surface area contributed by atoms with Gasteiger partial charge in [-0.2, -0.15) is 0 Å². The van der Waals surface area contributed by atoms with Crippen molar-refractivity contribution in [3.05, 3.63) is 81.0 Å². The molecule has 1 N–H and O–H groups in total. The number of aromatic nitrogens is 1. The molecule has 0 bridgehead atoms. The van der Waals surface area contributed by atoms with Crippen LogP contribution in [-0.4, -0.2) is 53.8 Å². The Balaban J connectivity index is 1.58. The van der Waals surface area contributed by atoms with E-state index in [4.69, 9.17) is 4.74 Å². The monoisotopic (exact) mass is 517 g/mol. The number of pyridine rings is 1. The van der Waals surface area contributed by atoms with Crippen LogP contribution < -0.4 is 10.9 Å². The van der Waals surface area contributed by atoms with E-state index in [-0.39, 0.29) is 36.9 Å². The minimum atomic E-state index is -0.420. The lowest BCUT2D eigenvalue weighted by atomic mass is 10.1. The molecule has 2 aromatic carbocycles. The maximum absolute atomic E-state index is 13.9. The largest absolute Gasteiger partial charge is 0.380 e. The molecule has 5 rings (SSSR count). The molecule has 2 aromatic heterocycles. The average molecular weight is 518 g/mol. The van der Waals surface area contributed by atoms with Gasteiger partial charge in [0.05, 0.1) is 40.2 Å². The van der Waals surface area contributed by atoms with E-state index in [9.17, 15) is 19.2 Å². The number of ketones is 1. The number of thiophene rings is 1. The van der Waals surface area contributed by atoms with Crippen LogP contribution in [0.4, 0.5) is 0 Å². The first-order valence-electron chi connectivity index (χ1n) is 12.2. The summed E-state index contributed by atoms with van der Waals surface area (Å²) in [6.07, 6.45) is 1.94. The second kappa shape index (κ2) is 10.7. The van der Waals surface area contributed by atoms with Crippen LogP contribution in [0.2, 0.25) is 0 Å². The molecule has 9 heteroatoms. The quantitative estimate of drug-likeness (QED) is 0.360. The van der Waals surface area contributed by atoms with E-state index in [1.807, 2.05) is 24.3 Å². The summed E-state index contributed by atoms with van der Waals surface area (Å²) >= 11 is 1.21. The number of fused-ring (bicyclic) bond motifs is 3. The van der Waals surface area contributed by atoms with Crippen molar-refractivity contribution in [3.63, 3.8) is 0 Å². The van der Waals surface area contributed by atoms with Crippen LogP contribution in [0, 0.1) is 0 Å². The maximum Gasteiger partial charge on any atom is 0.262 e. The van der Waals surface area contributed by atoms with Gasteiger partial charge in [-0.3, -0.25) is 23.7 Å². The third-order valence-corrected chi connectivity index (χ3v) is 7.92. The number of methoxy groups -OCH3 is 1. The number of rotatable bonds is 8. The molecular weight excluding hydrogens is 490 g/mol. The third-order valence-electron chi connectivity index (χ3n) is 6.66. The molecule has 1 saturated heterocycles. The molecule has 0 radical (unpaired) electrons. The molecule has 3 heterocycles. The first kappa shape index (κ1) is 24.9. The van der Waals surface area contributed by atoms with Crippen molar-refractivity contribution in [2.24, 2.45) is 0 Å². The molecule has 1 aliphatic heterocycles. The Morgan fingerprint density at radius 2 is 1.70 bits per heavy atom. The number of carbonyl (C=O) groups is 3. The maximum atomic E-state index is 13.9. The van der Waals surface area contributed by atoms with E-state index in [0.717, 1.165) is 18.2 Å². The van der Waals surface area contributed by atoms with Crippen molar-refractivity contribution in [3.8, 4) is 0 Å². The van der Waals surface area contributed by atoms with Crippen molar-refractivity contribution in [2.45, 2.75) is 26.0 Å². The zero-order chi connectivity index (χ0) is 25.9. The Bertz CT molecular complexity index is 1550. The zero-order valence-corrected chi connectivity index (χ0v) is 21.3. The van der Waals surface area contributed by atoms with Crippen molar-refractivity contribution in [2.75, 3.05) is 26.7 Å². The summed E-state index contributed by atoms with van der Waals surface area (Å²) in [6.45, 7) is 1.23. The van der Waals surface area contributed by atoms with Gasteiger partial charge < -0.3 is 15.0 Å². The predicted octanol–water partition coefficient (Wildman–Crippen LogP) is 3.60. The van der Waals surface area contributed by atoms with Gasteiger partial charge in [-0.05, 0) is 18.9 Å². The Morgan fingerprint density at radius 1 is 1.00 bits per heavy atom. The van der Waals surface area contributed by atoms with Crippen LogP contribution in [0.1, 0.15) is 38.4 Å². The Hall–Kier alpha value is -3.82. The summed E-state index contributed by atoms with van der Waals surface area (Å²) in [5.41, 5.74) is 1.24. The van der Waals surface area contributed by atoms with Gasteiger partial charge in [-0.1, -0.05) is 48.5 Å². The highest BCUT2D eigenvalue weighted by Gasteiger charge is 2.26. The van der Waals surface area contributed by atoms with E-state index in [2.05, 4.69) is 5.32 Å². The SMILES string of the molecule is COCc1c(C(=O)NCC(=O)N2CCCC2)sc2c1c(=O)n(CC(=O)c1ccccc1)c1ccccc21. The van der Waals surface area contributed by atoms with Crippen molar-refractivity contribution in [1.82, 2.24) is 14.8 Å². The second-order valence-corrected chi connectivity index (χ2v) is 10.0. The number of carbonyl (C=O) groups excluding carboxylic acids is 3. The van der Waals surface area contributed by atoms with E-state index in [1.165, 1.54) is 23.0 Å². The normalized spacial score (nSPS) is 13.4. The molecule has 4 aromatic rings. The zero-order valence-electron chi connectivity index (χ0n) is 20.5. The summed E-state index contributed by atoms with van der Waals surface area (Å²) < 4.78 is 7.51. The fourth-order valence-electron chi connectivity index (χ4n) is 4.82. The van der Waals surface area contributed by atoms with Crippen LogP contribution in [0.5, 0.6) is 0 Å². The molecule has 8 nitrogen and oxygen atoms in total. The van der Waals surface area contributed by atoms with Gasteiger partial charge in [-0.15, -0.1) is 11.3 Å². The fourth-order valence-corrected chi connectivity index (χ4v) is 6.07. The Labute approximate surface area is 217 Å². The minimum Gasteiger partial charge on any atom is -0.380 e. The average Bonchev–Trinajstić information content (AvgIpc) is 3.59. The standard InChI is InChI=1S/C28H27N3O5S/c1-36-17-20-24-25(37-26(20)27(34)29-15-23(33)30-13-7-8-14-30)19-11-5-6-12-21(19)31(28(24)35)16-22(32)18-9-3-2-4-10-18/h2-6,9-12H,7-8,13-17H2,1H3,(H,29,34). The lowest BCUT2D eigenvalue weighted by Crippen LogP contribution is -2.38. The van der Waals surface area contributed by atoms with Crippen molar-refractivity contribution in [1.29, 1.82) is 0 Å². The molecule has 2 amide bonds. The number of hydrogen-bond donors (Lipinski definition) is 1. The van der Waals surface area contributed by atoms with Gasteiger partial charge in [0.1, 0.15) is 0 Å². The number of hydrogen-bond acceptors (Lipinski definition) is 6. The molecule has 190 valence electrons.